The number of aliphatic hydroxyl groups is 2. The van der Waals surface area contributed by atoms with E-state index in [1.165, 1.54) is 0 Å². The molecule has 56 heavy (non-hydrogen) atoms. The molecule has 6 aromatic rings. The second kappa shape index (κ2) is 15.5. The van der Waals surface area contributed by atoms with Gasteiger partial charge in [0.1, 0.15) is 59.9 Å². The summed E-state index contributed by atoms with van der Waals surface area (Å²) < 4.78 is 50.0. The number of hydrogen-bond donors (Lipinski definition) is 2. The summed E-state index contributed by atoms with van der Waals surface area (Å²) >= 11 is 0. The summed E-state index contributed by atoms with van der Waals surface area (Å²) in [6.45, 7) is 4.53. The van der Waals surface area contributed by atoms with Gasteiger partial charge in [-0.05, 0) is 48.2 Å². The Morgan fingerprint density at radius 1 is 0.554 bits per heavy atom. The van der Waals surface area contributed by atoms with Crippen molar-refractivity contribution in [3.8, 4) is 45.6 Å². The lowest BCUT2D eigenvalue weighted by molar-refractivity contribution is -0.0539. The van der Waals surface area contributed by atoms with Gasteiger partial charge in [-0.25, -0.2) is 0 Å². The highest BCUT2D eigenvalue weighted by Crippen LogP contribution is 2.57. The predicted octanol–water partition coefficient (Wildman–Crippen LogP) is 8.76. The average Bonchev–Trinajstić information content (AvgIpc) is 3.23. The third-order valence-corrected chi connectivity index (χ3v) is 11.0. The van der Waals surface area contributed by atoms with Gasteiger partial charge in [0.15, 0.2) is 0 Å². The van der Waals surface area contributed by atoms with Crippen LogP contribution in [0.3, 0.4) is 0 Å². The summed E-state index contributed by atoms with van der Waals surface area (Å²) in [5, 5.41) is 27.4. The summed E-state index contributed by atoms with van der Waals surface area (Å²) in [5.41, 5.74) is 5.86. The summed E-state index contributed by atoms with van der Waals surface area (Å²) in [6.07, 6.45) is -3.31. The Bertz CT molecular complexity index is 2230. The van der Waals surface area contributed by atoms with E-state index < -0.39 is 24.4 Å². The topological polar surface area (TPSA) is 114 Å². The highest BCUT2D eigenvalue weighted by atomic mass is 16.5. The molecule has 10 heteroatoms. The molecule has 2 heterocycles. The van der Waals surface area contributed by atoms with Crippen molar-refractivity contribution >= 4 is 21.5 Å². The molecule has 0 aliphatic carbocycles. The molecule has 290 valence electrons. The summed E-state index contributed by atoms with van der Waals surface area (Å²) in [6, 6.07) is 27.3. The van der Waals surface area contributed by atoms with Crippen molar-refractivity contribution in [3.63, 3.8) is 0 Å². The quantitative estimate of drug-likeness (QED) is 0.133. The lowest BCUT2D eigenvalue weighted by atomic mass is 9.77. The van der Waals surface area contributed by atoms with E-state index in [2.05, 4.69) is 0 Å². The van der Waals surface area contributed by atoms with E-state index in [1.807, 2.05) is 98.8 Å². The number of hydrogen-bond acceptors (Lipinski definition) is 10. The van der Waals surface area contributed by atoms with Crippen LogP contribution in [-0.4, -0.2) is 50.9 Å². The molecule has 0 fully saturated rings. The van der Waals surface area contributed by atoms with Crippen molar-refractivity contribution in [2.75, 3.05) is 28.4 Å². The molecule has 2 aliphatic rings. The minimum atomic E-state index is -1.09. The number of aliphatic hydroxyl groups excluding tert-OH is 2. The van der Waals surface area contributed by atoms with Gasteiger partial charge in [-0.2, -0.15) is 0 Å². The zero-order chi connectivity index (χ0) is 39.1. The van der Waals surface area contributed by atoms with Gasteiger partial charge in [0.05, 0.1) is 64.6 Å². The van der Waals surface area contributed by atoms with Crippen molar-refractivity contribution < 1.29 is 48.1 Å². The van der Waals surface area contributed by atoms with Crippen molar-refractivity contribution in [3.05, 3.63) is 118 Å². The van der Waals surface area contributed by atoms with Crippen molar-refractivity contribution in [2.24, 2.45) is 0 Å². The Labute approximate surface area is 326 Å². The zero-order valence-electron chi connectivity index (χ0n) is 32.4. The Balaban J connectivity index is 1.55. The van der Waals surface area contributed by atoms with Crippen LogP contribution in [0.1, 0.15) is 59.4 Å². The van der Waals surface area contributed by atoms with Gasteiger partial charge in [-0.15, -0.1) is 0 Å². The number of benzene rings is 6. The smallest absolute Gasteiger partial charge is 0.137 e. The van der Waals surface area contributed by atoms with Gasteiger partial charge in [-0.1, -0.05) is 60.7 Å². The van der Waals surface area contributed by atoms with Crippen LogP contribution >= 0.6 is 0 Å². The third-order valence-electron chi connectivity index (χ3n) is 11.0. The van der Waals surface area contributed by atoms with E-state index in [-0.39, 0.29) is 26.4 Å². The minimum absolute atomic E-state index is 0.156. The van der Waals surface area contributed by atoms with Crippen molar-refractivity contribution in [1.29, 1.82) is 0 Å². The van der Waals surface area contributed by atoms with Gasteiger partial charge >= 0.3 is 0 Å². The molecule has 0 bridgehead atoms. The molecular formula is C46H46O10. The molecule has 10 nitrogen and oxygen atoms in total. The minimum Gasteiger partial charge on any atom is -0.497 e. The normalized spacial score (nSPS) is 18.9. The van der Waals surface area contributed by atoms with Gasteiger partial charge < -0.3 is 48.1 Å². The Morgan fingerprint density at radius 2 is 0.946 bits per heavy atom. The monoisotopic (exact) mass is 758 g/mol. The molecule has 8 rings (SSSR count). The first-order valence-electron chi connectivity index (χ1n) is 18.7. The third kappa shape index (κ3) is 6.42. The van der Waals surface area contributed by atoms with Crippen LogP contribution in [-0.2, 0) is 35.9 Å². The first-order chi connectivity index (χ1) is 27.3. The van der Waals surface area contributed by atoms with Gasteiger partial charge in [0.2, 0.25) is 0 Å². The molecule has 2 N–H and O–H groups in total. The number of fused-ring (bicyclic) bond motifs is 4. The SMILES string of the molecule is COc1cc(OC)c2c(OCc3ccccc3)c3c(c(-c4c5c(c(OCc6ccccc6)c6c(OC)cc(OC)cc46)CO[C@@H](C)[C@@H]5O)c2c1)[C@@H](O)[C@H](C)OC3. The molecule has 0 unspecified atom stereocenters. The maximum Gasteiger partial charge on any atom is 0.137 e. The average molecular weight is 759 g/mol. The zero-order valence-corrected chi connectivity index (χ0v) is 32.4. The van der Waals surface area contributed by atoms with Crippen molar-refractivity contribution in [2.45, 2.75) is 64.7 Å². The summed E-state index contributed by atoms with van der Waals surface area (Å²) in [7, 11) is 6.42. The van der Waals surface area contributed by atoms with E-state index >= 15 is 0 Å². The second-order valence-corrected chi connectivity index (χ2v) is 14.2. The van der Waals surface area contributed by atoms with Crippen LogP contribution in [0.25, 0.3) is 32.7 Å². The number of rotatable bonds is 11. The number of ether oxygens (including phenoxy) is 8. The van der Waals surface area contributed by atoms with Gasteiger partial charge in [-0.3, -0.25) is 0 Å². The molecule has 0 aromatic heterocycles. The molecule has 4 atom stereocenters. The highest BCUT2D eigenvalue weighted by Gasteiger charge is 2.40. The first kappa shape index (κ1) is 37.4. The maximum atomic E-state index is 12.4. The van der Waals surface area contributed by atoms with E-state index in [0.717, 1.165) is 11.1 Å². The fourth-order valence-corrected chi connectivity index (χ4v) is 8.08. The predicted molar refractivity (Wildman–Crippen MR) is 213 cm³/mol. The van der Waals surface area contributed by atoms with Crippen LogP contribution in [0.15, 0.2) is 84.9 Å². The largest absolute Gasteiger partial charge is 0.497 e. The molecule has 0 radical (unpaired) electrons. The fourth-order valence-electron chi connectivity index (χ4n) is 8.08. The molecule has 0 saturated heterocycles. The van der Waals surface area contributed by atoms with Crippen LogP contribution in [0.2, 0.25) is 0 Å². The molecule has 2 aliphatic heterocycles. The van der Waals surface area contributed by atoms with Gasteiger partial charge in [0.25, 0.3) is 0 Å². The molecule has 0 saturated carbocycles. The Morgan fingerprint density at radius 3 is 1.30 bits per heavy atom. The second-order valence-electron chi connectivity index (χ2n) is 14.2. The number of methoxy groups -OCH3 is 4. The fraction of sp³-hybridized carbons (Fsp3) is 0.304. The van der Waals surface area contributed by atoms with Crippen molar-refractivity contribution in [1.82, 2.24) is 0 Å². The van der Waals surface area contributed by atoms with E-state index in [4.69, 9.17) is 37.9 Å². The molecule has 6 aromatic carbocycles. The van der Waals surface area contributed by atoms with Gasteiger partial charge in [0, 0.05) is 45.2 Å². The molecule has 0 spiro atoms. The first-order valence-corrected chi connectivity index (χ1v) is 18.7. The van der Waals surface area contributed by atoms with Crippen LogP contribution in [0, 0.1) is 0 Å². The highest BCUT2D eigenvalue weighted by molar-refractivity contribution is 6.15. The Kier molecular flexibility index (Phi) is 10.4. The van der Waals surface area contributed by atoms with E-state index in [9.17, 15) is 10.2 Å². The maximum absolute atomic E-state index is 12.4. The van der Waals surface area contributed by atoms with Crippen LogP contribution in [0.5, 0.6) is 34.5 Å². The summed E-state index contributed by atoms with van der Waals surface area (Å²) in [4.78, 5) is 0. The molecular weight excluding hydrogens is 712 g/mol. The summed E-state index contributed by atoms with van der Waals surface area (Å²) in [5.74, 6) is 3.14. The van der Waals surface area contributed by atoms with Crippen LogP contribution in [0.4, 0.5) is 0 Å². The molecule has 0 amide bonds. The lowest BCUT2D eigenvalue weighted by Gasteiger charge is -2.37. The lowest BCUT2D eigenvalue weighted by Crippen LogP contribution is -2.29. The van der Waals surface area contributed by atoms with E-state index in [0.29, 0.717) is 89.4 Å². The van der Waals surface area contributed by atoms with Crippen LogP contribution < -0.4 is 28.4 Å². The Hall–Kier alpha value is -5.52. The standard InChI is InChI=1S/C46H46O10/c1-25-43(47)41-33(23-53-25)45(55-21-27-13-9-7-10-14-27)37-31(17-29(49-3)19-35(37)51-5)39(41)40-32-18-30(50-4)20-36(52-6)38(32)46(56-22-28-15-11-8-12-16-28)34-24-54-26(2)44(48)42(34)40/h7-20,25-26,43-44,47-48H,21-24H2,1-6H3/t25-,26-,43-,44-/m0/s1. The van der Waals surface area contributed by atoms with E-state index in [1.54, 1.807) is 28.4 Å².